The van der Waals surface area contributed by atoms with E-state index < -0.39 is 0 Å². The molecule has 0 saturated heterocycles. The van der Waals surface area contributed by atoms with Crippen LogP contribution in [0.4, 0.5) is 0 Å². The minimum atomic E-state index is -0.0565. The van der Waals surface area contributed by atoms with Crippen LogP contribution in [0.3, 0.4) is 0 Å². The van der Waals surface area contributed by atoms with Gasteiger partial charge in [-0.1, -0.05) is 83.1 Å². The summed E-state index contributed by atoms with van der Waals surface area (Å²) in [5, 5.41) is 6.99. The van der Waals surface area contributed by atoms with Crippen LogP contribution < -0.4 is 21.8 Å². The van der Waals surface area contributed by atoms with E-state index in [4.69, 9.17) is 0 Å². The Kier molecular flexibility index (Phi) is 7.99. The van der Waals surface area contributed by atoms with Gasteiger partial charge in [-0.2, -0.15) is 0 Å². The van der Waals surface area contributed by atoms with Crippen LogP contribution in [0.1, 0.15) is 105 Å². The molecule has 0 amide bonds. The number of rotatable bonds is 1. The van der Waals surface area contributed by atoms with Crippen molar-refractivity contribution in [2.45, 2.75) is 105 Å². The number of hydrogen-bond donors (Lipinski definition) is 0. The van der Waals surface area contributed by atoms with Crippen LogP contribution in [0.5, 0.6) is 0 Å². The predicted molar refractivity (Wildman–Crippen MR) is 278 cm³/mol. The summed E-state index contributed by atoms with van der Waals surface area (Å²) in [6, 6.07) is 44.4. The van der Waals surface area contributed by atoms with Gasteiger partial charge in [-0.15, -0.1) is 0 Å². The Balaban J connectivity index is 1.28. The first-order chi connectivity index (χ1) is 30.2. The van der Waals surface area contributed by atoms with Crippen molar-refractivity contribution >= 4 is 101 Å². The first kappa shape index (κ1) is 39.9. The molecule has 2 aliphatic rings. The molecule has 5 heterocycles. The van der Waals surface area contributed by atoms with Gasteiger partial charge in [0, 0.05) is 0 Å². The molecule has 0 N–H and O–H groups in total. The fourth-order valence-electron chi connectivity index (χ4n) is 11.0. The fraction of sp³-hybridized carbons (Fsp3) is 0.271. The molecule has 0 spiro atoms. The molecule has 0 atom stereocenters. The van der Waals surface area contributed by atoms with Gasteiger partial charge in [0.25, 0.3) is 0 Å². The van der Waals surface area contributed by atoms with E-state index in [9.17, 15) is 4.79 Å². The van der Waals surface area contributed by atoms with Gasteiger partial charge in [-0.05, 0) is 0 Å². The van der Waals surface area contributed by atoms with Crippen LogP contribution in [-0.4, -0.2) is 30.4 Å². The maximum atomic E-state index is 13.9. The molecule has 0 unspecified atom stereocenters. The Morgan fingerprint density at radius 2 is 0.891 bits per heavy atom. The van der Waals surface area contributed by atoms with Crippen LogP contribution in [-0.2, 0) is 21.7 Å². The van der Waals surface area contributed by atoms with Crippen molar-refractivity contribution in [1.29, 1.82) is 0 Å². The molecule has 0 fully saturated rings. The number of nitrogens with zero attached hydrogens (tertiary/aromatic N) is 2. The third kappa shape index (κ3) is 5.56. The van der Waals surface area contributed by atoms with Crippen molar-refractivity contribution in [3.63, 3.8) is 0 Å². The summed E-state index contributed by atoms with van der Waals surface area (Å²) in [6.07, 6.45) is 0. The van der Waals surface area contributed by atoms with Gasteiger partial charge < -0.3 is 0 Å². The Labute approximate surface area is 382 Å². The molecule has 3 nitrogen and oxygen atoms in total. The summed E-state index contributed by atoms with van der Waals surface area (Å²) >= 11 is 0.0257. The molecule has 3 aromatic heterocycles. The first-order valence-corrected chi connectivity index (χ1v) is 24.8. The van der Waals surface area contributed by atoms with E-state index in [0.717, 1.165) is 24.9 Å². The zero-order valence-electron chi connectivity index (χ0n) is 39.3. The Morgan fingerprint density at radius 1 is 0.422 bits per heavy atom. The summed E-state index contributed by atoms with van der Waals surface area (Å²) in [5.74, 6) is 0. The fourth-order valence-corrected chi connectivity index (χ4v) is 13.3. The average Bonchev–Trinajstić information content (AvgIpc) is 3.75. The molecule has 7 aromatic carbocycles. The molecule has 5 heteroatoms. The zero-order valence-corrected chi connectivity index (χ0v) is 41.0. The number of aromatic nitrogens is 2. The van der Waals surface area contributed by atoms with Crippen LogP contribution in [0.2, 0.25) is 0 Å². The van der Waals surface area contributed by atoms with Crippen molar-refractivity contribution in [1.82, 2.24) is 9.13 Å². The van der Waals surface area contributed by atoms with Crippen molar-refractivity contribution in [3.05, 3.63) is 148 Å². The van der Waals surface area contributed by atoms with Gasteiger partial charge in [0.2, 0.25) is 0 Å². The molecule has 64 heavy (non-hydrogen) atoms. The molecular formula is C59H55BN2OSe. The Hall–Kier alpha value is -5.61. The van der Waals surface area contributed by atoms with Gasteiger partial charge in [0.05, 0.1) is 0 Å². The molecule has 0 bridgehead atoms. The third-order valence-corrected chi connectivity index (χ3v) is 17.1. The molecule has 2 aliphatic heterocycles. The van der Waals surface area contributed by atoms with Gasteiger partial charge >= 0.3 is 302 Å². The minimum absolute atomic E-state index is 0.00322. The first-order valence-electron chi connectivity index (χ1n) is 23.1. The van der Waals surface area contributed by atoms with E-state index in [2.05, 4.69) is 195 Å². The molecule has 10 aromatic rings. The normalized spacial score (nSPS) is 14.0. The third-order valence-electron chi connectivity index (χ3n) is 14.7. The van der Waals surface area contributed by atoms with E-state index in [1.54, 1.807) is 0 Å². The average molecular weight is 898 g/mol. The second-order valence-electron chi connectivity index (χ2n) is 23.1. The summed E-state index contributed by atoms with van der Waals surface area (Å²) < 4.78 is 7.57. The number of benzene rings is 7. The van der Waals surface area contributed by atoms with Gasteiger partial charge in [0.1, 0.15) is 0 Å². The summed E-state index contributed by atoms with van der Waals surface area (Å²) in [7, 11) is 0. The molecule has 316 valence electrons. The molecule has 12 rings (SSSR count). The van der Waals surface area contributed by atoms with Crippen molar-refractivity contribution in [2.24, 2.45) is 0 Å². The molecule has 0 saturated carbocycles. The van der Waals surface area contributed by atoms with Crippen molar-refractivity contribution in [2.75, 3.05) is 0 Å². The zero-order chi connectivity index (χ0) is 44.7. The quantitative estimate of drug-likeness (QED) is 0.119. The summed E-state index contributed by atoms with van der Waals surface area (Å²) in [4.78, 5) is 13.9. The number of fused-ring (bicyclic) bond motifs is 12. The van der Waals surface area contributed by atoms with Crippen LogP contribution >= 0.6 is 0 Å². The van der Waals surface area contributed by atoms with Crippen LogP contribution in [0.25, 0.3) is 85.4 Å². The van der Waals surface area contributed by atoms with E-state index >= 15 is 0 Å². The molecular weight excluding hydrogens is 842 g/mol. The monoisotopic (exact) mass is 898 g/mol. The standard InChI is InChI=1S/C59H55BN2OSe/c1-56(2,3)34-18-21-46-40(26-34)42-28-36(58(7,8)9)30-44-53(42)61(46)48-23-33(32-17-20-39-51(25-32)64-50-16-14-13-15-38(50)55(39)63)24-49-52(48)60(44)45-31-37(59(10,11)12)29-43-41-27-35(57(4,5)6)19-22-47(41)62(49)54(43)45/h13-31H,1-12H3. The van der Waals surface area contributed by atoms with Crippen LogP contribution in [0.15, 0.2) is 120 Å². The Morgan fingerprint density at radius 3 is 1.39 bits per heavy atom. The van der Waals surface area contributed by atoms with E-state index in [-0.39, 0.29) is 48.3 Å². The second-order valence-corrected chi connectivity index (χ2v) is 25.3. The van der Waals surface area contributed by atoms with E-state index in [0.29, 0.717) is 0 Å². The Bertz CT molecular complexity index is 3610. The molecule has 0 aliphatic carbocycles. The van der Waals surface area contributed by atoms with Crippen molar-refractivity contribution in [3.8, 4) is 22.5 Å². The second kappa shape index (κ2) is 12.8. The van der Waals surface area contributed by atoms with Crippen LogP contribution in [0, 0.1) is 0 Å². The van der Waals surface area contributed by atoms with Gasteiger partial charge in [-0.25, -0.2) is 0 Å². The van der Waals surface area contributed by atoms with Gasteiger partial charge in [-0.3, -0.25) is 0 Å². The van der Waals surface area contributed by atoms with E-state index in [1.165, 1.54) is 99.2 Å². The topological polar surface area (TPSA) is 26.9 Å². The van der Waals surface area contributed by atoms with Crippen molar-refractivity contribution < 1.29 is 0 Å². The summed E-state index contributed by atoms with van der Waals surface area (Å²) in [6.45, 7) is 28.2. The molecule has 0 radical (unpaired) electrons. The van der Waals surface area contributed by atoms with Gasteiger partial charge in [0.15, 0.2) is 0 Å². The predicted octanol–water partition coefficient (Wildman–Crippen LogP) is 12.6. The number of hydrogen-bond acceptors (Lipinski definition) is 1. The van der Waals surface area contributed by atoms with E-state index in [1.807, 2.05) is 12.1 Å². The SMILES string of the molecule is CC(C)(C)c1ccc2c(c1)c1cc(C(C)(C)C)cc3c1n2-c1cc(-c2ccc4c(=O)c5ccccc5[se]c4c2)cc2c1B3c1cc(C(C)(C)C)cc3c4cc(C(C)(C)C)ccc4n-2c13. The summed E-state index contributed by atoms with van der Waals surface area (Å²) in [5.41, 5.74) is 19.6. The maximum absolute atomic E-state index is 13.9.